The molecule has 0 fully saturated rings. The van der Waals surface area contributed by atoms with Gasteiger partial charge in [-0.15, -0.1) is 5.10 Å². The summed E-state index contributed by atoms with van der Waals surface area (Å²) in [5.41, 5.74) is 1.24. The van der Waals surface area contributed by atoms with Crippen LogP contribution in [0.2, 0.25) is 5.28 Å². The number of fused-ring (bicyclic) bond motifs is 1. The van der Waals surface area contributed by atoms with E-state index in [0.717, 1.165) is 0 Å². The predicted octanol–water partition coefficient (Wildman–Crippen LogP) is 1.41. The van der Waals surface area contributed by atoms with Gasteiger partial charge in [0.05, 0.1) is 11.3 Å². The molecule has 0 amide bonds. The van der Waals surface area contributed by atoms with Gasteiger partial charge in [-0.25, -0.2) is 12.9 Å². The van der Waals surface area contributed by atoms with E-state index in [2.05, 4.69) is 20.2 Å². The van der Waals surface area contributed by atoms with Crippen LogP contribution in [0.25, 0.3) is 17.1 Å². The number of rotatable bonds is 5. The zero-order valence-corrected chi connectivity index (χ0v) is 13.2. The lowest BCUT2D eigenvalue weighted by Gasteiger charge is -1.96. The first-order valence-corrected chi connectivity index (χ1v) is 8.72. The average molecular weight is 342 g/mol. The van der Waals surface area contributed by atoms with Crippen LogP contribution in [-0.2, 0) is 16.3 Å². The van der Waals surface area contributed by atoms with Crippen LogP contribution in [-0.4, -0.2) is 44.7 Å². The van der Waals surface area contributed by atoms with Crippen molar-refractivity contribution in [1.82, 2.24) is 24.7 Å². The molecule has 0 aliphatic heterocycles. The zero-order chi connectivity index (χ0) is 15.7. The maximum atomic E-state index is 11.5. The van der Waals surface area contributed by atoms with Crippen LogP contribution in [0.4, 0.5) is 0 Å². The summed E-state index contributed by atoms with van der Waals surface area (Å²) in [4.78, 5) is 8.20. The first-order chi connectivity index (χ1) is 10.5. The molecule has 3 aromatic rings. The Bertz CT molecular complexity index is 918. The van der Waals surface area contributed by atoms with Gasteiger partial charge in [-0.05, 0) is 23.7 Å². The van der Waals surface area contributed by atoms with Gasteiger partial charge in [0.15, 0.2) is 11.5 Å². The summed E-state index contributed by atoms with van der Waals surface area (Å²) in [5.74, 6) is 0.739. The molecule has 8 nitrogen and oxygen atoms in total. The molecule has 10 heteroatoms. The molecule has 0 spiro atoms. The Morgan fingerprint density at radius 2 is 2.14 bits per heavy atom. The van der Waals surface area contributed by atoms with Gasteiger partial charge >= 0.3 is 0 Å². The van der Waals surface area contributed by atoms with Gasteiger partial charge < -0.3 is 4.52 Å². The second kappa shape index (κ2) is 5.65. The number of nitrogens with zero attached hydrogens (tertiary/aromatic N) is 5. The van der Waals surface area contributed by atoms with Gasteiger partial charge in [-0.2, -0.15) is 9.97 Å². The molecule has 22 heavy (non-hydrogen) atoms. The molecule has 3 aromatic heterocycles. The molecule has 116 valence electrons. The Morgan fingerprint density at radius 1 is 1.32 bits per heavy atom. The molecule has 3 rings (SSSR count). The van der Waals surface area contributed by atoms with Crippen LogP contribution < -0.4 is 0 Å². The topological polar surface area (TPSA) is 103 Å². The normalized spacial score (nSPS) is 12.1. The Hall–Kier alpha value is -2.00. The van der Waals surface area contributed by atoms with Crippen molar-refractivity contribution in [1.29, 1.82) is 0 Å². The van der Waals surface area contributed by atoms with E-state index in [1.807, 2.05) is 0 Å². The molecule has 0 N–H and O–H groups in total. The van der Waals surface area contributed by atoms with Crippen LogP contribution in [0.3, 0.4) is 0 Å². The molecule has 0 unspecified atom stereocenters. The third kappa shape index (κ3) is 3.09. The summed E-state index contributed by atoms with van der Waals surface area (Å²) in [5, 5.41) is 7.93. The number of sulfone groups is 1. The van der Waals surface area contributed by atoms with Gasteiger partial charge in [0, 0.05) is 18.4 Å². The van der Waals surface area contributed by atoms with Crippen LogP contribution >= 0.6 is 11.6 Å². The summed E-state index contributed by atoms with van der Waals surface area (Å²) in [6.45, 7) is 1.61. The number of halogens is 1. The van der Waals surface area contributed by atoms with E-state index in [9.17, 15) is 8.42 Å². The van der Waals surface area contributed by atoms with E-state index in [-0.39, 0.29) is 29.1 Å². The van der Waals surface area contributed by atoms with Crippen molar-refractivity contribution in [2.24, 2.45) is 0 Å². The van der Waals surface area contributed by atoms with Crippen molar-refractivity contribution >= 4 is 27.1 Å². The molecule has 0 saturated heterocycles. The highest BCUT2D eigenvalue weighted by Crippen LogP contribution is 2.18. The van der Waals surface area contributed by atoms with E-state index in [0.29, 0.717) is 17.0 Å². The van der Waals surface area contributed by atoms with Crippen molar-refractivity contribution < 1.29 is 12.9 Å². The lowest BCUT2D eigenvalue weighted by Crippen LogP contribution is -2.11. The maximum absolute atomic E-state index is 11.5. The minimum atomic E-state index is -3.06. The van der Waals surface area contributed by atoms with E-state index >= 15 is 0 Å². The Labute approximate surface area is 131 Å². The number of hydrogen-bond donors (Lipinski definition) is 0. The third-order valence-corrected chi connectivity index (χ3v) is 4.96. The lowest BCUT2D eigenvalue weighted by atomic mass is 10.3. The molecule has 0 aliphatic rings. The number of aromatic nitrogens is 5. The minimum absolute atomic E-state index is 0.000191. The van der Waals surface area contributed by atoms with Gasteiger partial charge in [0.2, 0.25) is 5.28 Å². The molecule has 0 aliphatic carbocycles. The second-order valence-electron chi connectivity index (χ2n) is 4.60. The smallest absolute Gasteiger partial charge is 0.259 e. The van der Waals surface area contributed by atoms with E-state index in [1.54, 1.807) is 25.3 Å². The van der Waals surface area contributed by atoms with Crippen LogP contribution in [0.5, 0.6) is 0 Å². The largest absolute Gasteiger partial charge is 0.334 e. The van der Waals surface area contributed by atoms with Gasteiger partial charge in [0.25, 0.3) is 5.89 Å². The summed E-state index contributed by atoms with van der Waals surface area (Å²) in [7, 11) is -3.06. The first kappa shape index (κ1) is 14.9. The SMILES string of the molecule is CCS(=O)(=O)CCc1noc(-c2ccc3nc(Cl)nn3c2)n1. The number of pyridine rings is 1. The predicted molar refractivity (Wildman–Crippen MR) is 79.3 cm³/mol. The van der Waals surface area contributed by atoms with Crippen LogP contribution in [0.15, 0.2) is 22.9 Å². The van der Waals surface area contributed by atoms with Gasteiger partial charge in [-0.3, -0.25) is 0 Å². The minimum Gasteiger partial charge on any atom is -0.334 e. The fourth-order valence-electron chi connectivity index (χ4n) is 1.85. The van der Waals surface area contributed by atoms with E-state index < -0.39 is 9.84 Å². The summed E-state index contributed by atoms with van der Waals surface area (Å²) < 4.78 is 29.6. The highest BCUT2D eigenvalue weighted by Gasteiger charge is 2.14. The summed E-state index contributed by atoms with van der Waals surface area (Å²) in [6.07, 6.45) is 1.88. The average Bonchev–Trinajstić information content (AvgIpc) is 3.09. The maximum Gasteiger partial charge on any atom is 0.259 e. The van der Waals surface area contributed by atoms with Crippen LogP contribution in [0.1, 0.15) is 12.7 Å². The molecule has 0 atom stereocenters. The summed E-state index contributed by atoms with van der Waals surface area (Å²) in [6, 6.07) is 3.47. The molecule has 3 heterocycles. The fraction of sp³-hybridized carbons (Fsp3) is 0.333. The van der Waals surface area contributed by atoms with Crippen molar-refractivity contribution in [2.45, 2.75) is 13.3 Å². The zero-order valence-electron chi connectivity index (χ0n) is 11.6. The quantitative estimate of drug-likeness (QED) is 0.691. The van der Waals surface area contributed by atoms with Gasteiger partial charge in [0.1, 0.15) is 9.84 Å². The monoisotopic (exact) mass is 341 g/mol. The Balaban J connectivity index is 1.82. The molecule has 0 radical (unpaired) electrons. The number of aryl methyl sites for hydroxylation is 1. The molecule has 0 aromatic carbocycles. The third-order valence-electron chi connectivity index (χ3n) is 3.10. The van der Waals surface area contributed by atoms with Gasteiger partial charge in [-0.1, -0.05) is 12.1 Å². The molecule has 0 bridgehead atoms. The fourth-order valence-corrected chi connectivity index (χ4v) is 2.80. The molecule has 0 saturated carbocycles. The second-order valence-corrected chi connectivity index (χ2v) is 7.41. The van der Waals surface area contributed by atoms with E-state index in [4.69, 9.17) is 16.1 Å². The Morgan fingerprint density at radius 3 is 2.91 bits per heavy atom. The molecular weight excluding hydrogens is 330 g/mol. The van der Waals surface area contributed by atoms with Crippen LogP contribution in [0, 0.1) is 0 Å². The lowest BCUT2D eigenvalue weighted by molar-refractivity contribution is 0.423. The standard InChI is InChI=1S/C12H12ClN5O3S/c1-2-22(19,20)6-5-9-14-11(21-17-9)8-3-4-10-15-12(13)16-18(10)7-8/h3-4,7H,2,5-6H2,1H3. The first-order valence-electron chi connectivity index (χ1n) is 6.52. The van der Waals surface area contributed by atoms with Crippen molar-refractivity contribution in [3.05, 3.63) is 29.4 Å². The highest BCUT2D eigenvalue weighted by atomic mass is 35.5. The number of hydrogen-bond acceptors (Lipinski definition) is 7. The summed E-state index contributed by atoms with van der Waals surface area (Å²) >= 11 is 5.73. The van der Waals surface area contributed by atoms with E-state index in [1.165, 1.54) is 4.52 Å². The van der Waals surface area contributed by atoms with Crippen molar-refractivity contribution in [2.75, 3.05) is 11.5 Å². The molecular formula is C12H12ClN5O3S. The highest BCUT2D eigenvalue weighted by molar-refractivity contribution is 7.91. The van der Waals surface area contributed by atoms with Crippen molar-refractivity contribution in [3.8, 4) is 11.5 Å². The Kier molecular flexibility index (Phi) is 3.83. The van der Waals surface area contributed by atoms with Crippen molar-refractivity contribution in [3.63, 3.8) is 0 Å².